The van der Waals surface area contributed by atoms with Crippen molar-refractivity contribution in [1.29, 1.82) is 0 Å². The number of halogens is 1. The van der Waals surface area contributed by atoms with Crippen molar-refractivity contribution >= 4 is 44.8 Å². The highest BCUT2D eigenvalue weighted by Gasteiger charge is 2.18. The Bertz CT molecular complexity index is 627. The predicted molar refractivity (Wildman–Crippen MR) is 90.8 cm³/mol. The summed E-state index contributed by atoms with van der Waals surface area (Å²) in [6, 6.07) is 4.76. The molecule has 0 aliphatic carbocycles. The first-order valence-corrected chi connectivity index (χ1v) is 9.09. The second-order valence-corrected chi connectivity index (χ2v) is 6.80. The average Bonchev–Trinajstić information content (AvgIpc) is 2.81. The van der Waals surface area contributed by atoms with E-state index in [0.717, 1.165) is 25.0 Å². The Labute approximate surface area is 132 Å². The molecule has 0 unspecified atom stereocenters. The number of amides is 1. The topological polar surface area (TPSA) is 55.1 Å². The van der Waals surface area contributed by atoms with Gasteiger partial charge in [-0.1, -0.05) is 12.5 Å². The van der Waals surface area contributed by atoms with Gasteiger partial charge < -0.3 is 11.1 Å². The van der Waals surface area contributed by atoms with Crippen LogP contribution in [0.4, 0.5) is 10.1 Å². The van der Waals surface area contributed by atoms with E-state index in [4.69, 9.17) is 5.73 Å². The summed E-state index contributed by atoms with van der Waals surface area (Å²) in [7, 11) is 0. The number of fused-ring (bicyclic) bond motifs is 1. The molecule has 0 saturated carbocycles. The summed E-state index contributed by atoms with van der Waals surface area (Å²) < 4.78 is 14.4. The molecule has 0 atom stereocenters. The number of thiophene rings is 1. The van der Waals surface area contributed by atoms with Gasteiger partial charge in [0.1, 0.15) is 10.7 Å². The number of rotatable bonds is 7. The number of carbonyl (C=O) groups is 1. The highest BCUT2D eigenvalue weighted by Crippen LogP contribution is 2.35. The van der Waals surface area contributed by atoms with Crippen LogP contribution in [0.5, 0.6) is 0 Å². The summed E-state index contributed by atoms with van der Waals surface area (Å²) in [4.78, 5) is 12.5. The van der Waals surface area contributed by atoms with Gasteiger partial charge in [0.25, 0.3) is 5.91 Å². The van der Waals surface area contributed by atoms with Crippen LogP contribution in [0, 0.1) is 5.82 Å². The summed E-state index contributed by atoms with van der Waals surface area (Å²) in [5.74, 6) is 0.562. The third kappa shape index (κ3) is 3.89. The number of anilines is 1. The van der Waals surface area contributed by atoms with Gasteiger partial charge in [-0.15, -0.1) is 11.3 Å². The van der Waals surface area contributed by atoms with Crippen molar-refractivity contribution in [3.63, 3.8) is 0 Å². The Kier molecular flexibility index (Phi) is 5.87. The molecule has 0 radical (unpaired) electrons. The van der Waals surface area contributed by atoms with Crippen LogP contribution in [0.2, 0.25) is 0 Å². The summed E-state index contributed by atoms with van der Waals surface area (Å²) in [5.41, 5.74) is 6.16. The smallest absolute Gasteiger partial charge is 0.263 e. The van der Waals surface area contributed by atoms with Crippen LogP contribution in [-0.2, 0) is 0 Å². The van der Waals surface area contributed by atoms with Crippen molar-refractivity contribution in [3.05, 3.63) is 28.9 Å². The van der Waals surface area contributed by atoms with Crippen molar-refractivity contribution in [2.24, 2.45) is 0 Å². The number of thioether (sulfide) groups is 1. The zero-order chi connectivity index (χ0) is 15.2. The molecule has 21 heavy (non-hydrogen) atoms. The van der Waals surface area contributed by atoms with E-state index in [0.29, 0.717) is 21.5 Å². The first-order chi connectivity index (χ1) is 10.1. The van der Waals surface area contributed by atoms with Gasteiger partial charge in [-0.2, -0.15) is 11.8 Å². The van der Waals surface area contributed by atoms with Crippen LogP contribution >= 0.6 is 23.1 Å². The van der Waals surface area contributed by atoms with Crippen LogP contribution in [0.3, 0.4) is 0 Å². The standard InChI is InChI=1S/C15H19FN2OS2/c1-20-9-4-2-3-8-18-15(19)14-13(17)12-10(16)6-5-7-11(12)21-14/h5-7H,2-4,8-9,17H2,1H3,(H,18,19). The van der Waals surface area contributed by atoms with E-state index in [-0.39, 0.29) is 17.4 Å². The lowest BCUT2D eigenvalue weighted by Gasteiger charge is -2.04. The van der Waals surface area contributed by atoms with E-state index < -0.39 is 0 Å². The fourth-order valence-corrected chi connectivity index (χ4v) is 3.67. The SMILES string of the molecule is CSCCCCCNC(=O)c1sc2cccc(F)c2c1N. The highest BCUT2D eigenvalue weighted by atomic mass is 32.2. The molecule has 6 heteroatoms. The van der Waals surface area contributed by atoms with E-state index in [1.807, 2.05) is 11.8 Å². The van der Waals surface area contributed by atoms with Crippen LogP contribution in [0.15, 0.2) is 18.2 Å². The second kappa shape index (κ2) is 7.66. The number of nitrogens with one attached hydrogen (secondary N) is 1. The number of unbranched alkanes of at least 4 members (excludes halogenated alkanes) is 2. The molecule has 0 saturated heterocycles. The first kappa shape index (κ1) is 16.1. The minimum atomic E-state index is -0.377. The lowest BCUT2D eigenvalue weighted by molar-refractivity contribution is 0.0958. The van der Waals surface area contributed by atoms with Crippen molar-refractivity contribution < 1.29 is 9.18 Å². The Hall–Kier alpha value is -1.27. The predicted octanol–water partition coefficient (Wildman–Crippen LogP) is 3.89. The molecule has 3 N–H and O–H groups in total. The second-order valence-electron chi connectivity index (χ2n) is 4.77. The quantitative estimate of drug-likeness (QED) is 0.759. The molecule has 1 heterocycles. The van der Waals surface area contributed by atoms with Gasteiger partial charge in [-0.25, -0.2) is 4.39 Å². The molecule has 3 nitrogen and oxygen atoms in total. The fourth-order valence-electron chi connectivity index (χ4n) is 2.13. The Morgan fingerprint density at radius 3 is 2.90 bits per heavy atom. The van der Waals surface area contributed by atoms with Gasteiger partial charge in [0, 0.05) is 11.2 Å². The molecule has 2 rings (SSSR count). The summed E-state index contributed by atoms with van der Waals surface area (Å²) in [6.07, 6.45) is 5.29. The summed E-state index contributed by atoms with van der Waals surface area (Å²) in [6.45, 7) is 0.628. The Morgan fingerprint density at radius 2 is 2.19 bits per heavy atom. The third-order valence-electron chi connectivity index (χ3n) is 3.22. The van der Waals surface area contributed by atoms with Gasteiger partial charge in [-0.3, -0.25) is 4.79 Å². The molecule has 0 aliphatic heterocycles. The monoisotopic (exact) mass is 326 g/mol. The van der Waals surface area contributed by atoms with Crippen molar-refractivity contribution in [2.75, 3.05) is 24.3 Å². The van der Waals surface area contributed by atoms with Crippen LogP contribution in [0.25, 0.3) is 10.1 Å². The number of hydrogen-bond acceptors (Lipinski definition) is 4. The lowest BCUT2D eigenvalue weighted by atomic mass is 10.2. The maximum absolute atomic E-state index is 13.7. The van der Waals surface area contributed by atoms with Gasteiger partial charge in [0.05, 0.1) is 11.1 Å². The van der Waals surface area contributed by atoms with Crippen LogP contribution in [-0.4, -0.2) is 24.5 Å². The van der Waals surface area contributed by atoms with E-state index in [2.05, 4.69) is 11.6 Å². The van der Waals surface area contributed by atoms with E-state index >= 15 is 0 Å². The van der Waals surface area contributed by atoms with E-state index in [1.165, 1.54) is 17.4 Å². The largest absolute Gasteiger partial charge is 0.397 e. The molecule has 0 bridgehead atoms. The highest BCUT2D eigenvalue weighted by molar-refractivity contribution is 7.98. The number of benzene rings is 1. The normalized spacial score (nSPS) is 11.0. The molecule has 0 fully saturated rings. The minimum Gasteiger partial charge on any atom is -0.397 e. The van der Waals surface area contributed by atoms with Crippen molar-refractivity contribution in [1.82, 2.24) is 5.32 Å². The van der Waals surface area contributed by atoms with E-state index in [9.17, 15) is 9.18 Å². The number of hydrogen-bond donors (Lipinski definition) is 2. The van der Waals surface area contributed by atoms with Crippen molar-refractivity contribution in [2.45, 2.75) is 19.3 Å². The molecule has 1 aromatic heterocycles. The number of nitrogen functional groups attached to an aromatic ring is 1. The zero-order valence-corrected chi connectivity index (χ0v) is 13.6. The number of nitrogens with two attached hydrogens (primary N) is 1. The third-order valence-corrected chi connectivity index (χ3v) is 5.08. The zero-order valence-electron chi connectivity index (χ0n) is 11.9. The van der Waals surface area contributed by atoms with E-state index in [1.54, 1.807) is 12.1 Å². The maximum atomic E-state index is 13.7. The van der Waals surface area contributed by atoms with Gasteiger partial charge >= 0.3 is 0 Å². The van der Waals surface area contributed by atoms with Gasteiger partial charge in [0.2, 0.25) is 0 Å². The summed E-state index contributed by atoms with van der Waals surface area (Å²) >= 11 is 3.07. The Morgan fingerprint density at radius 1 is 1.38 bits per heavy atom. The lowest BCUT2D eigenvalue weighted by Crippen LogP contribution is -2.24. The summed E-state index contributed by atoms with van der Waals surface area (Å²) in [5, 5.41) is 3.21. The molecule has 1 aromatic carbocycles. The Balaban J connectivity index is 1.97. The first-order valence-electron chi connectivity index (χ1n) is 6.88. The van der Waals surface area contributed by atoms with Crippen molar-refractivity contribution in [3.8, 4) is 0 Å². The minimum absolute atomic E-state index is 0.210. The average molecular weight is 326 g/mol. The molecule has 2 aromatic rings. The molecule has 114 valence electrons. The van der Waals surface area contributed by atoms with Crippen LogP contribution in [0.1, 0.15) is 28.9 Å². The number of carbonyl (C=O) groups excluding carboxylic acids is 1. The molecule has 0 aliphatic rings. The molecular weight excluding hydrogens is 307 g/mol. The molecule has 0 spiro atoms. The van der Waals surface area contributed by atoms with Gasteiger partial charge in [0.15, 0.2) is 0 Å². The van der Waals surface area contributed by atoms with Gasteiger partial charge in [-0.05, 0) is 37.0 Å². The fraction of sp³-hybridized carbons (Fsp3) is 0.400. The van der Waals surface area contributed by atoms with Crippen LogP contribution < -0.4 is 11.1 Å². The maximum Gasteiger partial charge on any atom is 0.263 e. The molecular formula is C15H19FN2OS2. The molecule has 1 amide bonds.